The van der Waals surface area contributed by atoms with Crippen molar-refractivity contribution < 1.29 is 8.42 Å². The summed E-state index contributed by atoms with van der Waals surface area (Å²) in [6, 6.07) is 1.17. The zero-order valence-electron chi connectivity index (χ0n) is 10.9. The van der Waals surface area contributed by atoms with E-state index in [9.17, 15) is 8.42 Å². The monoisotopic (exact) mass is 260 g/mol. The summed E-state index contributed by atoms with van der Waals surface area (Å²) in [5, 5.41) is 3.61. The standard InChI is InChI=1S/C12H24N2O2S/c1-10-8-13-12(11-4-5-11)9-14(10)6-3-7-17(2,15)16/h10-13H,3-9H2,1-2H3. The van der Waals surface area contributed by atoms with Crippen LogP contribution in [0.25, 0.3) is 0 Å². The smallest absolute Gasteiger partial charge is 0.147 e. The minimum atomic E-state index is -2.80. The molecule has 0 aromatic heterocycles. The van der Waals surface area contributed by atoms with Gasteiger partial charge in [-0.3, -0.25) is 4.90 Å². The number of hydrogen-bond donors (Lipinski definition) is 1. The number of sulfone groups is 1. The molecule has 1 N–H and O–H groups in total. The second-order valence-corrected chi connectivity index (χ2v) is 7.94. The van der Waals surface area contributed by atoms with Gasteiger partial charge in [0.25, 0.3) is 0 Å². The van der Waals surface area contributed by atoms with E-state index in [2.05, 4.69) is 17.1 Å². The number of hydrogen-bond acceptors (Lipinski definition) is 4. The van der Waals surface area contributed by atoms with E-state index >= 15 is 0 Å². The fraction of sp³-hybridized carbons (Fsp3) is 1.00. The quantitative estimate of drug-likeness (QED) is 0.782. The number of nitrogens with one attached hydrogen (secondary N) is 1. The topological polar surface area (TPSA) is 49.4 Å². The van der Waals surface area contributed by atoms with Crippen molar-refractivity contribution in [3.8, 4) is 0 Å². The van der Waals surface area contributed by atoms with Crippen LogP contribution in [0.15, 0.2) is 0 Å². The summed E-state index contributed by atoms with van der Waals surface area (Å²) in [4.78, 5) is 2.45. The van der Waals surface area contributed by atoms with Crippen molar-refractivity contribution in [2.24, 2.45) is 5.92 Å². The second kappa shape index (κ2) is 5.24. The lowest BCUT2D eigenvalue weighted by atomic mass is 10.1. The Bertz CT molecular complexity index is 352. The zero-order valence-corrected chi connectivity index (χ0v) is 11.7. The zero-order chi connectivity index (χ0) is 12.5. The van der Waals surface area contributed by atoms with Gasteiger partial charge in [-0.15, -0.1) is 0 Å². The maximum Gasteiger partial charge on any atom is 0.147 e. The van der Waals surface area contributed by atoms with Gasteiger partial charge in [-0.2, -0.15) is 0 Å². The fourth-order valence-electron chi connectivity index (χ4n) is 2.60. The largest absolute Gasteiger partial charge is 0.311 e. The van der Waals surface area contributed by atoms with Crippen LogP contribution in [-0.4, -0.2) is 57.0 Å². The van der Waals surface area contributed by atoms with E-state index in [-0.39, 0.29) is 0 Å². The fourth-order valence-corrected chi connectivity index (χ4v) is 3.26. The van der Waals surface area contributed by atoms with Crippen molar-refractivity contribution in [3.05, 3.63) is 0 Å². The molecule has 1 heterocycles. The molecule has 100 valence electrons. The molecule has 0 aromatic carbocycles. The lowest BCUT2D eigenvalue weighted by molar-refractivity contribution is 0.133. The van der Waals surface area contributed by atoms with Crippen LogP contribution in [0.5, 0.6) is 0 Å². The van der Waals surface area contributed by atoms with E-state index in [4.69, 9.17) is 0 Å². The predicted octanol–water partition coefficient (Wildman–Crippen LogP) is 0.493. The molecular formula is C12H24N2O2S. The molecule has 17 heavy (non-hydrogen) atoms. The van der Waals surface area contributed by atoms with Crippen LogP contribution in [0.2, 0.25) is 0 Å². The highest BCUT2D eigenvalue weighted by atomic mass is 32.2. The van der Waals surface area contributed by atoms with Crippen molar-refractivity contribution in [2.75, 3.05) is 31.6 Å². The van der Waals surface area contributed by atoms with Gasteiger partial charge in [0, 0.05) is 31.4 Å². The first-order chi connectivity index (χ1) is 7.96. The normalized spacial score (nSPS) is 31.6. The maximum absolute atomic E-state index is 11.1. The third-order valence-electron chi connectivity index (χ3n) is 3.88. The van der Waals surface area contributed by atoms with Gasteiger partial charge in [0.1, 0.15) is 9.84 Å². The van der Waals surface area contributed by atoms with Crippen LogP contribution >= 0.6 is 0 Å². The summed E-state index contributed by atoms with van der Waals surface area (Å²) in [7, 11) is -2.80. The first-order valence-corrected chi connectivity index (χ1v) is 8.67. The SMILES string of the molecule is CC1CNC(C2CC2)CN1CCCS(C)(=O)=O. The molecule has 1 aliphatic carbocycles. The van der Waals surface area contributed by atoms with Gasteiger partial charge in [0.2, 0.25) is 0 Å². The van der Waals surface area contributed by atoms with E-state index in [1.165, 1.54) is 19.1 Å². The third kappa shape index (κ3) is 4.23. The van der Waals surface area contributed by atoms with Gasteiger partial charge in [-0.05, 0) is 38.6 Å². The van der Waals surface area contributed by atoms with Crippen molar-refractivity contribution in [1.82, 2.24) is 10.2 Å². The number of rotatable bonds is 5. The van der Waals surface area contributed by atoms with Crippen LogP contribution in [-0.2, 0) is 9.84 Å². The summed E-state index contributed by atoms with van der Waals surface area (Å²) in [6.07, 6.45) is 4.81. The summed E-state index contributed by atoms with van der Waals surface area (Å²) in [5.41, 5.74) is 0. The van der Waals surface area contributed by atoms with Gasteiger partial charge in [0.15, 0.2) is 0 Å². The lowest BCUT2D eigenvalue weighted by Gasteiger charge is -2.39. The van der Waals surface area contributed by atoms with E-state index in [1.807, 2.05) is 0 Å². The van der Waals surface area contributed by atoms with Crippen molar-refractivity contribution in [2.45, 2.75) is 38.3 Å². The molecule has 2 aliphatic rings. The Morgan fingerprint density at radius 1 is 1.35 bits per heavy atom. The molecule has 0 amide bonds. The molecule has 0 aromatic rings. The first kappa shape index (κ1) is 13.3. The highest BCUT2D eigenvalue weighted by Crippen LogP contribution is 2.34. The molecule has 2 unspecified atom stereocenters. The molecule has 0 bridgehead atoms. The molecule has 1 saturated carbocycles. The molecule has 2 fully saturated rings. The molecule has 2 atom stereocenters. The molecule has 1 saturated heterocycles. The predicted molar refractivity (Wildman–Crippen MR) is 69.9 cm³/mol. The molecule has 0 radical (unpaired) electrons. The Hall–Kier alpha value is -0.130. The van der Waals surface area contributed by atoms with Crippen molar-refractivity contribution in [3.63, 3.8) is 0 Å². The van der Waals surface area contributed by atoms with Gasteiger partial charge in [0.05, 0.1) is 5.75 Å². The number of piperazine rings is 1. The minimum absolute atomic E-state index is 0.317. The van der Waals surface area contributed by atoms with Gasteiger partial charge in [-0.25, -0.2) is 8.42 Å². The van der Waals surface area contributed by atoms with E-state index in [0.717, 1.165) is 32.0 Å². The second-order valence-electron chi connectivity index (χ2n) is 5.68. The molecule has 1 aliphatic heterocycles. The van der Waals surface area contributed by atoms with Crippen LogP contribution in [0, 0.1) is 5.92 Å². The molecular weight excluding hydrogens is 236 g/mol. The van der Waals surface area contributed by atoms with E-state index < -0.39 is 9.84 Å². The molecule has 0 spiro atoms. The van der Waals surface area contributed by atoms with Crippen LogP contribution in [0.4, 0.5) is 0 Å². The van der Waals surface area contributed by atoms with Crippen molar-refractivity contribution in [1.29, 1.82) is 0 Å². The summed E-state index contributed by atoms with van der Waals surface area (Å²) >= 11 is 0. The Balaban J connectivity index is 1.77. The average Bonchev–Trinajstić information content (AvgIpc) is 3.02. The van der Waals surface area contributed by atoms with Crippen molar-refractivity contribution >= 4 is 9.84 Å². The maximum atomic E-state index is 11.1. The van der Waals surface area contributed by atoms with E-state index in [0.29, 0.717) is 17.8 Å². The Morgan fingerprint density at radius 3 is 2.65 bits per heavy atom. The van der Waals surface area contributed by atoms with Gasteiger partial charge in [-0.1, -0.05) is 0 Å². The van der Waals surface area contributed by atoms with Crippen LogP contribution in [0.1, 0.15) is 26.2 Å². The lowest BCUT2D eigenvalue weighted by Crippen LogP contribution is -2.56. The third-order valence-corrected chi connectivity index (χ3v) is 4.91. The van der Waals surface area contributed by atoms with Gasteiger partial charge < -0.3 is 5.32 Å². The molecule has 2 rings (SSSR count). The highest BCUT2D eigenvalue weighted by molar-refractivity contribution is 7.90. The summed E-state index contributed by atoms with van der Waals surface area (Å²) in [5.74, 6) is 1.19. The van der Waals surface area contributed by atoms with Crippen LogP contribution in [0.3, 0.4) is 0 Å². The van der Waals surface area contributed by atoms with Gasteiger partial charge >= 0.3 is 0 Å². The first-order valence-electron chi connectivity index (χ1n) is 6.61. The Labute approximate surface area is 105 Å². The minimum Gasteiger partial charge on any atom is -0.311 e. The van der Waals surface area contributed by atoms with E-state index in [1.54, 1.807) is 0 Å². The number of nitrogens with zero attached hydrogens (tertiary/aromatic N) is 1. The Kier molecular flexibility index (Phi) is 4.10. The molecule has 5 heteroatoms. The average molecular weight is 260 g/mol. The Morgan fingerprint density at radius 2 is 2.06 bits per heavy atom. The highest BCUT2D eigenvalue weighted by Gasteiger charge is 2.35. The van der Waals surface area contributed by atoms with Crippen LogP contribution < -0.4 is 5.32 Å². The summed E-state index contributed by atoms with van der Waals surface area (Å²) < 4.78 is 22.2. The summed E-state index contributed by atoms with van der Waals surface area (Å²) in [6.45, 7) is 5.27. The molecule has 4 nitrogen and oxygen atoms in total.